The Labute approximate surface area is 96.6 Å². The standard InChI is InChI=1S/C14H18O2/c1-16-14-7-3-5-12(10-14)8-11-4-2-6-13(15)9-11/h3,5,7,10-11H,2,4,6,8-9H2,1H3/t11-/m0/s1. The second-order valence-electron chi connectivity index (χ2n) is 4.56. The number of ketones is 1. The lowest BCUT2D eigenvalue weighted by molar-refractivity contribution is -0.121. The molecule has 16 heavy (non-hydrogen) atoms. The van der Waals surface area contributed by atoms with E-state index in [0.717, 1.165) is 31.4 Å². The minimum absolute atomic E-state index is 0.430. The first-order chi connectivity index (χ1) is 7.78. The summed E-state index contributed by atoms with van der Waals surface area (Å²) in [5.41, 5.74) is 1.28. The maximum absolute atomic E-state index is 11.4. The Kier molecular flexibility index (Phi) is 3.60. The van der Waals surface area contributed by atoms with Crippen LogP contribution in [0.25, 0.3) is 0 Å². The molecule has 1 aromatic carbocycles. The zero-order valence-electron chi connectivity index (χ0n) is 9.74. The van der Waals surface area contributed by atoms with Gasteiger partial charge in [0.15, 0.2) is 0 Å². The molecule has 1 fully saturated rings. The van der Waals surface area contributed by atoms with Gasteiger partial charge in [0.1, 0.15) is 11.5 Å². The smallest absolute Gasteiger partial charge is 0.133 e. The second kappa shape index (κ2) is 5.15. The van der Waals surface area contributed by atoms with Gasteiger partial charge in [0.2, 0.25) is 0 Å². The molecular formula is C14H18O2. The topological polar surface area (TPSA) is 26.3 Å². The summed E-state index contributed by atoms with van der Waals surface area (Å²) >= 11 is 0. The van der Waals surface area contributed by atoms with Gasteiger partial charge in [-0.2, -0.15) is 0 Å². The highest BCUT2D eigenvalue weighted by molar-refractivity contribution is 5.79. The lowest BCUT2D eigenvalue weighted by Gasteiger charge is -2.20. The summed E-state index contributed by atoms with van der Waals surface area (Å²) in [4.78, 5) is 11.4. The van der Waals surface area contributed by atoms with Crippen molar-refractivity contribution >= 4 is 5.78 Å². The normalized spacial score (nSPS) is 20.8. The number of benzene rings is 1. The average molecular weight is 218 g/mol. The third-order valence-electron chi connectivity index (χ3n) is 3.24. The Hall–Kier alpha value is -1.31. The van der Waals surface area contributed by atoms with E-state index in [1.54, 1.807) is 7.11 Å². The van der Waals surface area contributed by atoms with Crippen molar-refractivity contribution in [2.75, 3.05) is 7.11 Å². The maximum atomic E-state index is 11.4. The molecule has 2 rings (SSSR count). The molecule has 0 N–H and O–H groups in total. The van der Waals surface area contributed by atoms with E-state index in [2.05, 4.69) is 12.1 Å². The number of Topliss-reactive ketones (excluding diaryl/α,β-unsaturated/α-hetero) is 1. The Morgan fingerprint density at radius 3 is 3.06 bits per heavy atom. The molecule has 1 atom stereocenters. The van der Waals surface area contributed by atoms with Crippen molar-refractivity contribution in [2.24, 2.45) is 5.92 Å². The molecule has 1 aliphatic rings. The fraction of sp³-hybridized carbons (Fsp3) is 0.500. The van der Waals surface area contributed by atoms with Crippen molar-refractivity contribution in [3.63, 3.8) is 0 Å². The monoisotopic (exact) mass is 218 g/mol. The van der Waals surface area contributed by atoms with Crippen LogP contribution in [0.3, 0.4) is 0 Å². The van der Waals surface area contributed by atoms with Gasteiger partial charge in [-0.1, -0.05) is 12.1 Å². The Bertz CT molecular complexity index is 371. The van der Waals surface area contributed by atoms with Crippen molar-refractivity contribution in [1.29, 1.82) is 0 Å². The van der Waals surface area contributed by atoms with Crippen LogP contribution in [0.5, 0.6) is 5.75 Å². The first kappa shape index (κ1) is 11.2. The molecule has 1 saturated carbocycles. The Morgan fingerprint density at radius 2 is 2.31 bits per heavy atom. The van der Waals surface area contributed by atoms with Crippen molar-refractivity contribution in [1.82, 2.24) is 0 Å². The predicted molar refractivity (Wildman–Crippen MR) is 63.7 cm³/mol. The lowest BCUT2D eigenvalue weighted by Crippen LogP contribution is -2.16. The fourth-order valence-corrected chi connectivity index (χ4v) is 2.42. The summed E-state index contributed by atoms with van der Waals surface area (Å²) in [5.74, 6) is 1.87. The highest BCUT2D eigenvalue weighted by atomic mass is 16.5. The van der Waals surface area contributed by atoms with Crippen LogP contribution in [0, 0.1) is 5.92 Å². The predicted octanol–water partition coefficient (Wildman–Crippen LogP) is 3.00. The number of hydrogen-bond acceptors (Lipinski definition) is 2. The number of methoxy groups -OCH3 is 1. The first-order valence-corrected chi connectivity index (χ1v) is 5.92. The SMILES string of the molecule is COc1cccc(C[C@@H]2CCCC(=O)C2)c1. The van der Waals surface area contributed by atoms with Crippen LogP contribution >= 0.6 is 0 Å². The zero-order chi connectivity index (χ0) is 11.4. The van der Waals surface area contributed by atoms with Gasteiger partial charge in [0, 0.05) is 12.8 Å². The van der Waals surface area contributed by atoms with E-state index >= 15 is 0 Å². The molecule has 0 heterocycles. The van der Waals surface area contributed by atoms with Gasteiger partial charge >= 0.3 is 0 Å². The molecule has 0 unspecified atom stereocenters. The fourth-order valence-electron chi connectivity index (χ4n) is 2.42. The summed E-state index contributed by atoms with van der Waals surface area (Å²) in [6.45, 7) is 0. The van der Waals surface area contributed by atoms with Crippen LogP contribution in [-0.2, 0) is 11.2 Å². The van der Waals surface area contributed by atoms with Crippen LogP contribution in [0.15, 0.2) is 24.3 Å². The van der Waals surface area contributed by atoms with E-state index in [4.69, 9.17) is 4.74 Å². The van der Waals surface area contributed by atoms with E-state index < -0.39 is 0 Å². The van der Waals surface area contributed by atoms with Crippen LogP contribution in [0.1, 0.15) is 31.2 Å². The van der Waals surface area contributed by atoms with Gasteiger partial charge in [-0.3, -0.25) is 4.79 Å². The quantitative estimate of drug-likeness (QED) is 0.779. The largest absolute Gasteiger partial charge is 0.497 e. The van der Waals surface area contributed by atoms with Gasteiger partial charge in [-0.05, 0) is 42.9 Å². The molecule has 2 nitrogen and oxygen atoms in total. The number of hydrogen-bond donors (Lipinski definition) is 0. The third-order valence-corrected chi connectivity index (χ3v) is 3.24. The highest BCUT2D eigenvalue weighted by Crippen LogP contribution is 2.26. The molecule has 0 aromatic heterocycles. The molecule has 1 aromatic rings. The van der Waals surface area contributed by atoms with Crippen molar-refractivity contribution in [3.8, 4) is 5.75 Å². The first-order valence-electron chi connectivity index (χ1n) is 5.92. The average Bonchev–Trinajstić information content (AvgIpc) is 2.29. The summed E-state index contributed by atoms with van der Waals surface area (Å²) in [6.07, 6.45) is 4.80. The van der Waals surface area contributed by atoms with Crippen LogP contribution in [-0.4, -0.2) is 12.9 Å². The minimum Gasteiger partial charge on any atom is -0.497 e. The van der Waals surface area contributed by atoms with E-state index in [1.807, 2.05) is 12.1 Å². The van der Waals surface area contributed by atoms with Gasteiger partial charge in [0.05, 0.1) is 7.11 Å². The van der Waals surface area contributed by atoms with Crippen LogP contribution in [0.4, 0.5) is 0 Å². The van der Waals surface area contributed by atoms with Crippen LogP contribution < -0.4 is 4.74 Å². The Morgan fingerprint density at radius 1 is 1.44 bits per heavy atom. The molecular weight excluding hydrogens is 200 g/mol. The molecule has 0 bridgehead atoms. The minimum atomic E-state index is 0.430. The van der Waals surface area contributed by atoms with Crippen molar-refractivity contribution in [3.05, 3.63) is 29.8 Å². The van der Waals surface area contributed by atoms with Crippen LogP contribution in [0.2, 0.25) is 0 Å². The number of rotatable bonds is 3. The number of ether oxygens (including phenoxy) is 1. The molecule has 1 aliphatic carbocycles. The highest BCUT2D eigenvalue weighted by Gasteiger charge is 2.19. The summed E-state index contributed by atoms with van der Waals surface area (Å²) in [5, 5.41) is 0. The summed E-state index contributed by atoms with van der Waals surface area (Å²) < 4.78 is 5.20. The molecule has 0 amide bonds. The van der Waals surface area contributed by atoms with Gasteiger partial charge in [0.25, 0.3) is 0 Å². The van der Waals surface area contributed by atoms with Crippen molar-refractivity contribution < 1.29 is 9.53 Å². The maximum Gasteiger partial charge on any atom is 0.133 e. The van der Waals surface area contributed by atoms with Gasteiger partial charge < -0.3 is 4.74 Å². The number of carbonyl (C=O) groups is 1. The second-order valence-corrected chi connectivity index (χ2v) is 4.56. The Balaban J connectivity index is 1.99. The van der Waals surface area contributed by atoms with E-state index in [1.165, 1.54) is 12.0 Å². The third kappa shape index (κ3) is 2.84. The summed E-state index contributed by atoms with van der Waals surface area (Å²) in [7, 11) is 1.68. The molecule has 86 valence electrons. The lowest BCUT2D eigenvalue weighted by atomic mass is 9.84. The zero-order valence-corrected chi connectivity index (χ0v) is 9.74. The summed E-state index contributed by atoms with van der Waals surface area (Å²) in [6, 6.07) is 8.15. The molecule has 0 aliphatic heterocycles. The number of carbonyl (C=O) groups excluding carboxylic acids is 1. The van der Waals surface area contributed by atoms with Crippen molar-refractivity contribution in [2.45, 2.75) is 32.1 Å². The van der Waals surface area contributed by atoms with Gasteiger partial charge in [-0.15, -0.1) is 0 Å². The molecule has 0 spiro atoms. The van der Waals surface area contributed by atoms with Gasteiger partial charge in [-0.25, -0.2) is 0 Å². The molecule has 2 heteroatoms. The molecule has 0 saturated heterocycles. The van der Waals surface area contributed by atoms with E-state index in [9.17, 15) is 4.79 Å². The van der Waals surface area contributed by atoms with E-state index in [-0.39, 0.29) is 0 Å². The molecule has 0 radical (unpaired) electrons. The van der Waals surface area contributed by atoms with E-state index in [0.29, 0.717) is 11.7 Å².